The highest BCUT2D eigenvalue weighted by Gasteiger charge is 2.35. The summed E-state index contributed by atoms with van der Waals surface area (Å²) in [6, 6.07) is 9.90. The zero-order chi connectivity index (χ0) is 20.5. The third-order valence-electron chi connectivity index (χ3n) is 4.92. The average molecular weight is 427 g/mol. The summed E-state index contributed by atoms with van der Waals surface area (Å²) in [7, 11) is -7.56. The van der Waals surface area contributed by atoms with Crippen LogP contribution in [0.5, 0.6) is 0 Å². The molecule has 0 saturated carbocycles. The number of rotatable bonds is 5. The fourth-order valence-electron chi connectivity index (χ4n) is 3.52. The van der Waals surface area contributed by atoms with Crippen molar-refractivity contribution in [2.45, 2.75) is 55.0 Å². The van der Waals surface area contributed by atoms with Gasteiger partial charge in [0.15, 0.2) is 0 Å². The first-order valence-electron chi connectivity index (χ1n) is 9.03. The van der Waals surface area contributed by atoms with Crippen LogP contribution in [0.1, 0.15) is 33.1 Å². The van der Waals surface area contributed by atoms with E-state index >= 15 is 0 Å². The van der Waals surface area contributed by atoms with E-state index in [2.05, 4.69) is 4.72 Å². The van der Waals surface area contributed by atoms with E-state index in [9.17, 15) is 21.2 Å². The van der Waals surface area contributed by atoms with Crippen LogP contribution in [0, 0.1) is 5.82 Å². The van der Waals surface area contributed by atoms with Crippen molar-refractivity contribution in [3.63, 3.8) is 0 Å². The molecule has 3 rings (SSSR count). The largest absolute Gasteiger partial charge is 0.280 e. The monoisotopic (exact) mass is 426 g/mol. The topological polar surface area (TPSA) is 83.6 Å². The Labute approximate surface area is 165 Å². The Morgan fingerprint density at radius 2 is 1.36 bits per heavy atom. The molecule has 1 aliphatic heterocycles. The van der Waals surface area contributed by atoms with Crippen LogP contribution in [0.4, 0.5) is 10.1 Å². The van der Waals surface area contributed by atoms with E-state index in [-0.39, 0.29) is 27.6 Å². The SMILES string of the molecule is C[C@H]1CCC[C@H](C)N1S(=O)(=O)c1ccc(NS(=O)(=O)c2ccc(F)cc2)cc1. The third-order valence-corrected chi connectivity index (χ3v) is 8.46. The van der Waals surface area contributed by atoms with Gasteiger partial charge in [0.05, 0.1) is 9.79 Å². The molecule has 0 aromatic heterocycles. The second-order valence-electron chi connectivity index (χ2n) is 7.05. The van der Waals surface area contributed by atoms with Gasteiger partial charge < -0.3 is 0 Å². The highest BCUT2D eigenvalue weighted by molar-refractivity contribution is 7.92. The second kappa shape index (κ2) is 7.81. The van der Waals surface area contributed by atoms with Gasteiger partial charge in [-0.05, 0) is 75.2 Å². The minimum Gasteiger partial charge on any atom is -0.280 e. The maximum Gasteiger partial charge on any atom is 0.261 e. The maximum absolute atomic E-state index is 13.0. The lowest BCUT2D eigenvalue weighted by Crippen LogP contribution is -2.47. The van der Waals surface area contributed by atoms with Crippen LogP contribution < -0.4 is 4.72 Å². The molecule has 2 aromatic rings. The Hall–Kier alpha value is -1.97. The van der Waals surface area contributed by atoms with Gasteiger partial charge in [-0.25, -0.2) is 21.2 Å². The summed E-state index contributed by atoms with van der Waals surface area (Å²) in [5, 5.41) is 0. The number of piperidine rings is 1. The van der Waals surface area contributed by atoms with Gasteiger partial charge in [-0.1, -0.05) is 6.42 Å². The maximum atomic E-state index is 13.0. The van der Waals surface area contributed by atoms with Gasteiger partial charge in [-0.2, -0.15) is 4.31 Å². The van der Waals surface area contributed by atoms with Crippen LogP contribution in [0.25, 0.3) is 0 Å². The molecular formula is C19H23FN2O4S2. The molecule has 2 atom stereocenters. The van der Waals surface area contributed by atoms with Crippen LogP contribution in [0.3, 0.4) is 0 Å². The van der Waals surface area contributed by atoms with Crippen molar-refractivity contribution in [1.82, 2.24) is 4.31 Å². The number of anilines is 1. The van der Waals surface area contributed by atoms with Crippen molar-refractivity contribution in [3.05, 3.63) is 54.3 Å². The molecule has 0 spiro atoms. The fourth-order valence-corrected chi connectivity index (χ4v) is 6.46. The van der Waals surface area contributed by atoms with E-state index in [1.54, 1.807) is 0 Å². The molecule has 1 aliphatic rings. The van der Waals surface area contributed by atoms with Gasteiger partial charge in [0.2, 0.25) is 10.0 Å². The molecule has 0 radical (unpaired) electrons. The van der Waals surface area contributed by atoms with Gasteiger partial charge in [0.1, 0.15) is 5.82 Å². The van der Waals surface area contributed by atoms with Crippen molar-refractivity contribution in [2.75, 3.05) is 4.72 Å². The minimum absolute atomic E-state index is 0.0783. The van der Waals surface area contributed by atoms with Crippen LogP contribution in [0.15, 0.2) is 58.3 Å². The molecule has 0 bridgehead atoms. The third kappa shape index (κ3) is 4.21. The van der Waals surface area contributed by atoms with E-state index in [1.807, 2.05) is 13.8 Å². The van der Waals surface area contributed by atoms with Gasteiger partial charge >= 0.3 is 0 Å². The predicted octanol–water partition coefficient (Wildman–Crippen LogP) is 3.58. The molecule has 28 heavy (non-hydrogen) atoms. The van der Waals surface area contributed by atoms with Gasteiger partial charge in [0.25, 0.3) is 10.0 Å². The molecule has 9 heteroatoms. The second-order valence-corrected chi connectivity index (χ2v) is 10.6. The Morgan fingerprint density at radius 3 is 1.89 bits per heavy atom. The summed E-state index contributed by atoms with van der Waals surface area (Å²) in [6.45, 7) is 3.80. The van der Waals surface area contributed by atoms with Gasteiger partial charge in [-0.15, -0.1) is 0 Å². The van der Waals surface area contributed by atoms with E-state index in [0.29, 0.717) is 0 Å². The van der Waals surface area contributed by atoms with Crippen LogP contribution in [0.2, 0.25) is 0 Å². The van der Waals surface area contributed by atoms with Crippen molar-refractivity contribution in [1.29, 1.82) is 0 Å². The first-order valence-corrected chi connectivity index (χ1v) is 12.0. The Bertz CT molecular complexity index is 1030. The van der Waals surface area contributed by atoms with E-state index in [0.717, 1.165) is 43.5 Å². The summed E-state index contributed by atoms with van der Waals surface area (Å²) in [5.41, 5.74) is 0.225. The molecule has 1 N–H and O–H groups in total. The zero-order valence-corrected chi connectivity index (χ0v) is 17.3. The summed E-state index contributed by atoms with van der Waals surface area (Å²) in [5.74, 6) is -0.533. The Kier molecular flexibility index (Phi) is 5.79. The summed E-state index contributed by atoms with van der Waals surface area (Å²) in [4.78, 5) is 0.0411. The van der Waals surface area contributed by atoms with Crippen molar-refractivity contribution in [2.24, 2.45) is 0 Å². The molecule has 1 heterocycles. The standard InChI is InChI=1S/C19H23FN2O4S2/c1-14-4-3-5-15(2)22(14)28(25,26)19-12-8-17(9-13-19)21-27(23,24)18-10-6-16(20)7-11-18/h6-15,21H,3-5H2,1-2H3/t14-,15-/m0/s1. The van der Waals surface area contributed by atoms with E-state index in [4.69, 9.17) is 0 Å². The molecule has 6 nitrogen and oxygen atoms in total. The number of halogens is 1. The van der Waals surface area contributed by atoms with Crippen molar-refractivity contribution < 1.29 is 21.2 Å². The Balaban J connectivity index is 1.82. The van der Waals surface area contributed by atoms with Crippen molar-refractivity contribution >= 4 is 25.7 Å². The van der Waals surface area contributed by atoms with E-state index in [1.165, 1.54) is 28.6 Å². The normalized spacial score (nSPS) is 21.4. The van der Waals surface area contributed by atoms with Crippen molar-refractivity contribution in [3.8, 4) is 0 Å². The first-order chi connectivity index (χ1) is 13.1. The molecule has 0 amide bonds. The number of nitrogens with one attached hydrogen (secondary N) is 1. The number of hydrogen-bond donors (Lipinski definition) is 1. The molecule has 2 aromatic carbocycles. The quantitative estimate of drug-likeness (QED) is 0.792. The van der Waals surface area contributed by atoms with Crippen LogP contribution in [-0.4, -0.2) is 33.2 Å². The van der Waals surface area contributed by atoms with Crippen LogP contribution >= 0.6 is 0 Å². The summed E-state index contributed by atoms with van der Waals surface area (Å²) >= 11 is 0. The number of benzene rings is 2. The van der Waals surface area contributed by atoms with Gasteiger partial charge in [-0.3, -0.25) is 4.72 Å². The highest BCUT2D eigenvalue weighted by Crippen LogP contribution is 2.30. The molecule has 0 unspecified atom stereocenters. The average Bonchev–Trinajstić information content (AvgIpc) is 2.62. The molecule has 1 saturated heterocycles. The Morgan fingerprint density at radius 1 is 0.857 bits per heavy atom. The predicted molar refractivity (Wildman–Crippen MR) is 105 cm³/mol. The number of nitrogens with zero attached hydrogens (tertiary/aromatic N) is 1. The lowest BCUT2D eigenvalue weighted by molar-refractivity contribution is 0.204. The number of sulfonamides is 2. The lowest BCUT2D eigenvalue weighted by atomic mass is 10.0. The number of hydrogen-bond acceptors (Lipinski definition) is 4. The summed E-state index contributed by atoms with van der Waals surface area (Å²) < 4.78 is 67.7. The smallest absolute Gasteiger partial charge is 0.261 e. The minimum atomic E-state index is -3.89. The van der Waals surface area contributed by atoms with E-state index < -0.39 is 25.9 Å². The zero-order valence-electron chi connectivity index (χ0n) is 15.7. The molecule has 152 valence electrons. The summed E-state index contributed by atoms with van der Waals surface area (Å²) in [6.07, 6.45) is 2.64. The fraction of sp³-hybridized carbons (Fsp3) is 0.368. The lowest BCUT2D eigenvalue weighted by Gasteiger charge is -2.37. The first kappa shape index (κ1) is 20.8. The van der Waals surface area contributed by atoms with Crippen LogP contribution in [-0.2, 0) is 20.0 Å². The molecule has 0 aliphatic carbocycles. The highest BCUT2D eigenvalue weighted by atomic mass is 32.2. The molecule has 1 fully saturated rings. The molecular weight excluding hydrogens is 403 g/mol. The van der Waals surface area contributed by atoms with Gasteiger partial charge in [0, 0.05) is 17.8 Å².